The minimum Gasteiger partial charge on any atom is -0.478 e. The van der Waals surface area contributed by atoms with Crippen molar-refractivity contribution in [3.63, 3.8) is 0 Å². The molecule has 6 heteroatoms. The summed E-state index contributed by atoms with van der Waals surface area (Å²) < 4.78 is 26.4. The fourth-order valence-electron chi connectivity index (χ4n) is 2.54. The zero-order chi connectivity index (χ0) is 15.6. The fraction of sp³-hybridized carbons (Fsp3) is 0.533. The van der Waals surface area contributed by atoms with Gasteiger partial charge < -0.3 is 5.11 Å². The van der Waals surface area contributed by atoms with Gasteiger partial charge in [0.15, 0.2) is 0 Å². The molecule has 0 heterocycles. The summed E-state index contributed by atoms with van der Waals surface area (Å²) in [6.07, 6.45) is 3.84. The predicted octanol–water partition coefficient (Wildman–Crippen LogP) is 2.37. The van der Waals surface area contributed by atoms with Gasteiger partial charge >= 0.3 is 5.97 Å². The van der Waals surface area contributed by atoms with Crippen LogP contribution in [-0.4, -0.2) is 37.4 Å². The molecular weight excluding hydrogens is 290 g/mol. The molecule has 1 aliphatic rings. The van der Waals surface area contributed by atoms with E-state index >= 15 is 0 Å². The third kappa shape index (κ3) is 3.27. The monoisotopic (exact) mass is 311 g/mol. The first kappa shape index (κ1) is 16.0. The summed E-state index contributed by atoms with van der Waals surface area (Å²) in [7, 11) is -2.06. The molecule has 0 radical (unpaired) electrons. The van der Waals surface area contributed by atoms with Gasteiger partial charge in [-0.3, -0.25) is 0 Å². The molecule has 0 atom stereocenters. The lowest BCUT2D eigenvalue weighted by atomic mass is 9.86. The fourth-order valence-corrected chi connectivity index (χ4v) is 3.81. The highest BCUT2D eigenvalue weighted by Gasteiger charge is 2.27. The van der Waals surface area contributed by atoms with E-state index in [0.717, 1.165) is 19.3 Å². The molecule has 0 aliphatic heterocycles. The van der Waals surface area contributed by atoms with E-state index in [2.05, 4.69) is 0 Å². The highest BCUT2D eigenvalue weighted by atomic mass is 32.2. The molecule has 5 nitrogen and oxygen atoms in total. The lowest BCUT2D eigenvalue weighted by Crippen LogP contribution is -2.34. The Bertz CT molecular complexity index is 635. The van der Waals surface area contributed by atoms with Crippen LogP contribution in [-0.2, 0) is 16.4 Å². The minimum atomic E-state index is -3.62. The zero-order valence-corrected chi connectivity index (χ0v) is 13.2. The van der Waals surface area contributed by atoms with Crippen LogP contribution >= 0.6 is 0 Å². The van der Waals surface area contributed by atoms with Gasteiger partial charge in [0.1, 0.15) is 0 Å². The smallest absolute Gasteiger partial charge is 0.336 e. The van der Waals surface area contributed by atoms with Crippen molar-refractivity contribution in [1.82, 2.24) is 4.31 Å². The van der Waals surface area contributed by atoms with E-state index in [0.29, 0.717) is 24.4 Å². The summed E-state index contributed by atoms with van der Waals surface area (Å²) in [5.41, 5.74) is 0.707. The molecule has 0 aromatic heterocycles. The number of sulfonamides is 1. The number of nitrogens with zero attached hydrogens (tertiary/aromatic N) is 1. The highest BCUT2D eigenvalue weighted by molar-refractivity contribution is 7.89. The van der Waals surface area contributed by atoms with Crippen LogP contribution in [0.25, 0.3) is 0 Å². The van der Waals surface area contributed by atoms with Gasteiger partial charge in [-0.05, 0) is 42.9 Å². The molecule has 21 heavy (non-hydrogen) atoms. The number of rotatable bonds is 6. The van der Waals surface area contributed by atoms with E-state index in [9.17, 15) is 18.3 Å². The van der Waals surface area contributed by atoms with Gasteiger partial charge in [0.2, 0.25) is 10.0 Å². The Labute approximate surface area is 125 Å². The molecule has 1 aliphatic carbocycles. The Morgan fingerprint density at radius 1 is 1.38 bits per heavy atom. The van der Waals surface area contributed by atoms with Gasteiger partial charge in [0, 0.05) is 13.6 Å². The number of benzene rings is 1. The molecule has 1 saturated carbocycles. The topological polar surface area (TPSA) is 74.7 Å². The summed E-state index contributed by atoms with van der Waals surface area (Å²) in [6.45, 7) is 2.35. The Morgan fingerprint density at radius 2 is 2.05 bits per heavy atom. The van der Waals surface area contributed by atoms with Gasteiger partial charge in [0.25, 0.3) is 0 Å². The minimum absolute atomic E-state index is 0.0546. The van der Waals surface area contributed by atoms with Crippen LogP contribution in [0.1, 0.15) is 42.1 Å². The summed E-state index contributed by atoms with van der Waals surface area (Å²) in [4.78, 5) is 11.3. The molecule has 1 aromatic rings. The number of carboxylic acids is 1. The van der Waals surface area contributed by atoms with Gasteiger partial charge in [-0.1, -0.05) is 19.4 Å². The highest BCUT2D eigenvalue weighted by Crippen LogP contribution is 2.29. The molecule has 0 saturated heterocycles. The van der Waals surface area contributed by atoms with Crippen molar-refractivity contribution in [2.75, 3.05) is 13.6 Å². The van der Waals surface area contributed by atoms with Gasteiger partial charge in [-0.15, -0.1) is 0 Å². The Kier molecular flexibility index (Phi) is 4.68. The molecular formula is C15H21NO4S. The average molecular weight is 311 g/mol. The van der Waals surface area contributed by atoms with E-state index in [1.807, 2.05) is 6.92 Å². The van der Waals surface area contributed by atoms with Crippen LogP contribution in [0.4, 0.5) is 0 Å². The third-order valence-electron chi connectivity index (χ3n) is 4.14. The maximum absolute atomic E-state index is 12.5. The third-order valence-corrected chi connectivity index (χ3v) is 5.96. The van der Waals surface area contributed by atoms with E-state index in [4.69, 9.17) is 0 Å². The largest absolute Gasteiger partial charge is 0.478 e. The second kappa shape index (κ2) is 6.15. The summed E-state index contributed by atoms with van der Waals surface area (Å²) in [5.74, 6) is -0.663. The summed E-state index contributed by atoms with van der Waals surface area (Å²) >= 11 is 0. The van der Waals surface area contributed by atoms with Crippen molar-refractivity contribution in [2.45, 2.75) is 37.5 Å². The zero-order valence-electron chi connectivity index (χ0n) is 12.4. The molecule has 0 bridgehead atoms. The predicted molar refractivity (Wildman–Crippen MR) is 79.9 cm³/mol. The first-order valence-corrected chi connectivity index (χ1v) is 8.62. The first-order chi connectivity index (χ1) is 9.86. The van der Waals surface area contributed by atoms with Crippen LogP contribution in [0.3, 0.4) is 0 Å². The van der Waals surface area contributed by atoms with E-state index in [1.54, 1.807) is 13.1 Å². The SMILES string of the molecule is CCc1ccc(S(=O)(=O)N(C)CC2CCC2)cc1C(=O)O. The van der Waals surface area contributed by atoms with Crippen LogP contribution in [0, 0.1) is 5.92 Å². The molecule has 0 unspecified atom stereocenters. The normalized spacial score (nSPS) is 16.0. The van der Waals surface area contributed by atoms with Crippen molar-refractivity contribution >= 4 is 16.0 Å². The molecule has 0 amide bonds. The standard InChI is InChI=1S/C15H21NO4S/c1-3-12-7-8-13(9-14(12)15(17)18)21(19,20)16(2)10-11-5-4-6-11/h7-9,11H,3-6,10H2,1-2H3,(H,17,18). The lowest BCUT2D eigenvalue weighted by Gasteiger charge is -2.29. The summed E-state index contributed by atoms with van der Waals surface area (Å²) in [5, 5.41) is 9.21. The Morgan fingerprint density at radius 3 is 2.52 bits per heavy atom. The van der Waals surface area contributed by atoms with Crippen LogP contribution < -0.4 is 0 Å². The molecule has 1 aromatic carbocycles. The van der Waals surface area contributed by atoms with Crippen molar-refractivity contribution in [3.05, 3.63) is 29.3 Å². The molecule has 2 rings (SSSR count). The van der Waals surface area contributed by atoms with Gasteiger partial charge in [0.05, 0.1) is 10.5 Å². The molecule has 1 fully saturated rings. The van der Waals surface area contributed by atoms with Crippen LogP contribution in [0.15, 0.2) is 23.1 Å². The van der Waals surface area contributed by atoms with Crippen molar-refractivity contribution in [1.29, 1.82) is 0 Å². The number of hydrogen-bond donors (Lipinski definition) is 1. The Hall–Kier alpha value is -1.40. The van der Waals surface area contributed by atoms with Crippen molar-refractivity contribution in [3.8, 4) is 0 Å². The molecule has 116 valence electrons. The Balaban J connectivity index is 2.30. The average Bonchev–Trinajstić information content (AvgIpc) is 2.41. The first-order valence-electron chi connectivity index (χ1n) is 7.18. The van der Waals surface area contributed by atoms with E-state index < -0.39 is 16.0 Å². The van der Waals surface area contributed by atoms with Crippen LogP contribution in [0.5, 0.6) is 0 Å². The second-order valence-electron chi connectivity index (χ2n) is 5.56. The lowest BCUT2D eigenvalue weighted by molar-refractivity contribution is 0.0695. The van der Waals surface area contributed by atoms with Gasteiger partial charge in [-0.2, -0.15) is 0 Å². The molecule has 0 spiro atoms. The number of carboxylic acid groups (broad SMARTS) is 1. The second-order valence-corrected chi connectivity index (χ2v) is 7.61. The van der Waals surface area contributed by atoms with Crippen molar-refractivity contribution < 1.29 is 18.3 Å². The molecule has 1 N–H and O–H groups in total. The maximum Gasteiger partial charge on any atom is 0.336 e. The number of hydrogen-bond acceptors (Lipinski definition) is 3. The number of aryl methyl sites for hydroxylation is 1. The van der Waals surface area contributed by atoms with E-state index in [1.165, 1.54) is 16.4 Å². The summed E-state index contributed by atoms with van der Waals surface area (Å²) in [6, 6.07) is 4.36. The van der Waals surface area contributed by atoms with Crippen LogP contribution in [0.2, 0.25) is 0 Å². The number of carbonyl (C=O) groups is 1. The number of aromatic carboxylic acids is 1. The quantitative estimate of drug-likeness (QED) is 0.875. The van der Waals surface area contributed by atoms with Crippen molar-refractivity contribution in [2.24, 2.45) is 5.92 Å². The maximum atomic E-state index is 12.5. The van der Waals surface area contributed by atoms with Gasteiger partial charge in [-0.25, -0.2) is 17.5 Å². The van der Waals surface area contributed by atoms with E-state index in [-0.39, 0.29) is 10.5 Å².